The molecule has 0 atom stereocenters. The predicted molar refractivity (Wildman–Crippen MR) is 143 cm³/mol. The number of hydrogen-bond donors (Lipinski definition) is 1. The Bertz CT molecular complexity index is 1260. The number of hydrogen-bond acceptors (Lipinski definition) is 5. The zero-order valence-electron chi connectivity index (χ0n) is 20.2. The normalized spacial score (nSPS) is 13.8. The molecule has 190 valence electrons. The molecule has 0 bridgehead atoms. The van der Waals surface area contributed by atoms with Crippen LogP contribution in [0, 0.1) is 0 Å². The molecule has 0 aromatic heterocycles. The van der Waals surface area contributed by atoms with Gasteiger partial charge >= 0.3 is 0 Å². The predicted octanol–water partition coefficient (Wildman–Crippen LogP) is 4.85. The Morgan fingerprint density at radius 3 is 2.19 bits per heavy atom. The Morgan fingerprint density at radius 2 is 1.58 bits per heavy atom. The summed E-state index contributed by atoms with van der Waals surface area (Å²) in [5.41, 5.74) is 2.47. The number of amides is 1. The van der Waals surface area contributed by atoms with Gasteiger partial charge in [-0.05, 0) is 85.5 Å². The first-order chi connectivity index (χ1) is 17.4. The number of nitrogens with zero attached hydrogens (tertiary/aromatic N) is 2. The zero-order valence-corrected chi connectivity index (χ0v) is 21.8. The van der Waals surface area contributed by atoms with Gasteiger partial charge in [-0.2, -0.15) is 0 Å². The third kappa shape index (κ3) is 6.30. The first-order valence-electron chi connectivity index (χ1n) is 11.9. The van der Waals surface area contributed by atoms with Gasteiger partial charge in [0.1, 0.15) is 12.3 Å². The third-order valence-corrected chi connectivity index (χ3v) is 8.24. The number of piperidine rings is 1. The highest BCUT2D eigenvalue weighted by Gasteiger charge is 2.27. The number of methoxy groups -OCH3 is 1. The second-order valence-electron chi connectivity index (χ2n) is 8.65. The minimum Gasteiger partial charge on any atom is -0.497 e. The average Bonchev–Trinajstić information content (AvgIpc) is 2.92. The van der Waals surface area contributed by atoms with Crippen LogP contribution in [-0.4, -0.2) is 41.1 Å². The standard InChI is InChI=1S/C27H30ClN3O4S/c1-35-25-13-15-26(16-14-25)36(33,34)31(24-11-7-22(28)8-12-24)20-27(32)29-19-21-5-9-23(10-6-21)30-17-3-2-4-18-30/h5-16H,2-4,17-20H2,1H3,(H,29,32). The number of anilines is 2. The van der Waals surface area contributed by atoms with E-state index in [2.05, 4.69) is 22.3 Å². The highest BCUT2D eigenvalue weighted by Crippen LogP contribution is 2.26. The Kier molecular flexibility index (Phi) is 8.38. The van der Waals surface area contributed by atoms with Crippen molar-refractivity contribution in [3.8, 4) is 5.75 Å². The van der Waals surface area contributed by atoms with Crippen LogP contribution >= 0.6 is 11.6 Å². The Labute approximate surface area is 217 Å². The molecule has 3 aromatic rings. The molecular weight excluding hydrogens is 498 g/mol. The van der Waals surface area contributed by atoms with Crippen molar-refractivity contribution >= 4 is 38.9 Å². The molecule has 1 saturated heterocycles. The van der Waals surface area contributed by atoms with E-state index in [-0.39, 0.29) is 11.4 Å². The summed E-state index contributed by atoms with van der Waals surface area (Å²) < 4.78 is 33.2. The first-order valence-corrected chi connectivity index (χ1v) is 13.7. The fourth-order valence-electron chi connectivity index (χ4n) is 4.16. The number of benzene rings is 3. The van der Waals surface area contributed by atoms with Crippen LogP contribution in [0.4, 0.5) is 11.4 Å². The number of nitrogens with one attached hydrogen (secondary N) is 1. The molecule has 0 radical (unpaired) electrons. The van der Waals surface area contributed by atoms with Crippen molar-refractivity contribution in [1.82, 2.24) is 5.32 Å². The summed E-state index contributed by atoms with van der Waals surface area (Å²) in [5.74, 6) is 0.123. The van der Waals surface area contributed by atoms with Crippen molar-refractivity contribution in [2.45, 2.75) is 30.7 Å². The molecule has 3 aromatic carbocycles. The minimum atomic E-state index is -4.02. The molecule has 1 fully saturated rings. The lowest BCUT2D eigenvalue weighted by molar-refractivity contribution is -0.119. The minimum absolute atomic E-state index is 0.0550. The van der Waals surface area contributed by atoms with E-state index in [0.29, 0.717) is 23.0 Å². The maximum atomic E-state index is 13.5. The van der Waals surface area contributed by atoms with E-state index in [1.165, 1.54) is 44.2 Å². The van der Waals surface area contributed by atoms with Crippen LogP contribution in [0.1, 0.15) is 24.8 Å². The van der Waals surface area contributed by atoms with Gasteiger partial charge in [-0.15, -0.1) is 0 Å². The number of carbonyl (C=O) groups is 1. The van der Waals surface area contributed by atoms with Crippen LogP contribution in [0.15, 0.2) is 77.7 Å². The molecule has 0 aliphatic carbocycles. The quantitative estimate of drug-likeness (QED) is 0.430. The van der Waals surface area contributed by atoms with Crippen molar-refractivity contribution in [1.29, 1.82) is 0 Å². The number of halogens is 1. The number of carbonyl (C=O) groups excluding carboxylic acids is 1. The molecule has 0 saturated carbocycles. The fraction of sp³-hybridized carbons (Fsp3) is 0.296. The van der Waals surface area contributed by atoms with Gasteiger partial charge in [-0.1, -0.05) is 23.7 Å². The summed E-state index contributed by atoms with van der Waals surface area (Å²) in [7, 11) is -2.51. The van der Waals surface area contributed by atoms with E-state index in [1.54, 1.807) is 36.4 Å². The molecule has 0 spiro atoms. The van der Waals surface area contributed by atoms with E-state index in [4.69, 9.17) is 16.3 Å². The summed E-state index contributed by atoms with van der Waals surface area (Å²) in [6.07, 6.45) is 3.70. The summed E-state index contributed by atoms with van der Waals surface area (Å²) in [5, 5.41) is 3.32. The molecule has 1 N–H and O–H groups in total. The van der Waals surface area contributed by atoms with Gasteiger partial charge in [-0.3, -0.25) is 9.10 Å². The van der Waals surface area contributed by atoms with Crippen molar-refractivity contribution in [3.63, 3.8) is 0 Å². The van der Waals surface area contributed by atoms with Gasteiger partial charge in [0, 0.05) is 30.3 Å². The van der Waals surface area contributed by atoms with E-state index >= 15 is 0 Å². The monoisotopic (exact) mass is 527 g/mol. The van der Waals surface area contributed by atoms with Crippen molar-refractivity contribution in [2.24, 2.45) is 0 Å². The molecule has 36 heavy (non-hydrogen) atoms. The van der Waals surface area contributed by atoms with Crippen molar-refractivity contribution < 1.29 is 17.9 Å². The number of sulfonamides is 1. The second-order valence-corrected chi connectivity index (χ2v) is 11.0. The van der Waals surface area contributed by atoms with Crippen LogP contribution < -0.4 is 19.3 Å². The van der Waals surface area contributed by atoms with E-state index in [9.17, 15) is 13.2 Å². The Morgan fingerprint density at radius 1 is 0.944 bits per heavy atom. The van der Waals surface area contributed by atoms with Gasteiger partial charge in [0.2, 0.25) is 5.91 Å². The first kappa shape index (κ1) is 25.9. The highest BCUT2D eigenvalue weighted by atomic mass is 35.5. The molecule has 1 amide bonds. The van der Waals surface area contributed by atoms with Crippen LogP contribution in [0.5, 0.6) is 5.75 Å². The average molecular weight is 528 g/mol. The van der Waals surface area contributed by atoms with Crippen LogP contribution in [0.3, 0.4) is 0 Å². The molecule has 7 nitrogen and oxygen atoms in total. The Balaban J connectivity index is 1.46. The van der Waals surface area contributed by atoms with Crippen LogP contribution in [-0.2, 0) is 21.4 Å². The largest absolute Gasteiger partial charge is 0.497 e. The topological polar surface area (TPSA) is 79.0 Å². The fourth-order valence-corrected chi connectivity index (χ4v) is 5.71. The maximum absolute atomic E-state index is 13.5. The van der Waals surface area contributed by atoms with Gasteiger partial charge in [0.05, 0.1) is 17.7 Å². The number of ether oxygens (including phenoxy) is 1. The lowest BCUT2D eigenvalue weighted by atomic mass is 10.1. The van der Waals surface area contributed by atoms with Gasteiger partial charge in [0.15, 0.2) is 0 Å². The Hall–Kier alpha value is -3.23. The molecule has 1 aliphatic heterocycles. The van der Waals surface area contributed by atoms with Crippen LogP contribution in [0.2, 0.25) is 5.02 Å². The van der Waals surface area contributed by atoms with Crippen LogP contribution in [0.25, 0.3) is 0 Å². The van der Waals surface area contributed by atoms with Gasteiger partial charge in [0.25, 0.3) is 10.0 Å². The molecule has 0 unspecified atom stereocenters. The summed E-state index contributed by atoms with van der Waals surface area (Å²) in [6.45, 7) is 2.07. The summed E-state index contributed by atoms with van der Waals surface area (Å²) in [4.78, 5) is 15.3. The molecule has 1 aliphatic rings. The SMILES string of the molecule is COc1ccc(S(=O)(=O)N(CC(=O)NCc2ccc(N3CCCCC3)cc2)c2ccc(Cl)cc2)cc1. The van der Waals surface area contributed by atoms with Gasteiger partial charge < -0.3 is 15.0 Å². The van der Waals surface area contributed by atoms with Crippen molar-refractivity contribution in [2.75, 3.05) is 35.9 Å². The molecular formula is C27H30ClN3O4S. The highest BCUT2D eigenvalue weighted by molar-refractivity contribution is 7.92. The second kappa shape index (κ2) is 11.7. The van der Waals surface area contributed by atoms with Gasteiger partial charge in [-0.25, -0.2) is 8.42 Å². The third-order valence-electron chi connectivity index (χ3n) is 6.20. The maximum Gasteiger partial charge on any atom is 0.264 e. The summed E-state index contributed by atoms with van der Waals surface area (Å²) >= 11 is 6.00. The lowest BCUT2D eigenvalue weighted by Crippen LogP contribution is -2.40. The molecule has 4 rings (SSSR count). The molecule has 1 heterocycles. The van der Waals surface area contributed by atoms with Crippen molar-refractivity contribution in [3.05, 3.63) is 83.4 Å². The number of rotatable bonds is 9. The summed E-state index contributed by atoms with van der Waals surface area (Å²) in [6, 6.07) is 20.5. The van der Waals surface area contributed by atoms with E-state index < -0.39 is 15.9 Å². The van der Waals surface area contributed by atoms with E-state index in [1.807, 2.05) is 12.1 Å². The van der Waals surface area contributed by atoms with E-state index in [0.717, 1.165) is 23.0 Å². The smallest absolute Gasteiger partial charge is 0.264 e. The zero-order chi connectivity index (χ0) is 25.5. The molecule has 9 heteroatoms. The lowest BCUT2D eigenvalue weighted by Gasteiger charge is -2.28.